The standard InChI is InChI=1S/C21H22ClF3N4/c1-13-11-28(8-7-26-13)16-4-6-19-20(10-16)29(12-27-19)14(2)17-5-3-15(22)9-18(17)21(23,24)25/h3-6,9-10,12-14,26H,7-8,11H2,1-2H3/t13?,14-/m1/s1. The van der Waals surface area contributed by atoms with Crippen LogP contribution in [0.25, 0.3) is 11.0 Å². The number of aromatic nitrogens is 2. The van der Waals surface area contributed by atoms with Gasteiger partial charge in [-0.1, -0.05) is 17.7 Å². The van der Waals surface area contributed by atoms with Crippen LogP contribution in [0.5, 0.6) is 0 Å². The molecular weight excluding hydrogens is 401 g/mol. The average molecular weight is 423 g/mol. The van der Waals surface area contributed by atoms with E-state index in [2.05, 4.69) is 22.1 Å². The first-order chi connectivity index (χ1) is 13.7. The van der Waals surface area contributed by atoms with Gasteiger partial charge in [0.2, 0.25) is 0 Å². The Balaban J connectivity index is 1.76. The molecule has 3 aromatic rings. The molecule has 2 atom stereocenters. The maximum absolute atomic E-state index is 13.6. The predicted molar refractivity (Wildman–Crippen MR) is 110 cm³/mol. The number of halogens is 4. The van der Waals surface area contributed by atoms with Crippen molar-refractivity contribution in [2.24, 2.45) is 0 Å². The van der Waals surface area contributed by atoms with E-state index in [9.17, 15) is 13.2 Å². The maximum Gasteiger partial charge on any atom is 0.416 e. The highest BCUT2D eigenvalue weighted by molar-refractivity contribution is 6.30. The zero-order valence-corrected chi connectivity index (χ0v) is 16.9. The number of nitrogens with one attached hydrogen (secondary N) is 1. The maximum atomic E-state index is 13.6. The zero-order chi connectivity index (χ0) is 20.8. The number of piperazine rings is 1. The third-order valence-corrected chi connectivity index (χ3v) is 5.72. The molecule has 1 aromatic heterocycles. The summed E-state index contributed by atoms with van der Waals surface area (Å²) in [6, 6.07) is 9.72. The van der Waals surface area contributed by atoms with E-state index in [4.69, 9.17) is 11.6 Å². The Morgan fingerprint density at radius 1 is 1.21 bits per heavy atom. The van der Waals surface area contributed by atoms with E-state index in [1.807, 2.05) is 18.2 Å². The van der Waals surface area contributed by atoms with Gasteiger partial charge in [-0.15, -0.1) is 0 Å². The molecule has 1 saturated heterocycles. The molecule has 0 spiro atoms. The molecule has 1 unspecified atom stereocenters. The average Bonchev–Trinajstić information content (AvgIpc) is 3.10. The summed E-state index contributed by atoms with van der Waals surface area (Å²) in [5.41, 5.74) is 2.07. The second-order valence-electron chi connectivity index (χ2n) is 7.53. The third-order valence-electron chi connectivity index (χ3n) is 5.48. The van der Waals surface area contributed by atoms with E-state index in [1.54, 1.807) is 17.8 Å². The van der Waals surface area contributed by atoms with Gasteiger partial charge < -0.3 is 14.8 Å². The van der Waals surface area contributed by atoms with Crippen molar-refractivity contribution in [2.75, 3.05) is 24.5 Å². The highest BCUT2D eigenvalue weighted by Crippen LogP contribution is 2.38. The van der Waals surface area contributed by atoms with E-state index < -0.39 is 17.8 Å². The number of benzene rings is 2. The Labute approximate surface area is 172 Å². The van der Waals surface area contributed by atoms with Gasteiger partial charge >= 0.3 is 6.18 Å². The second-order valence-corrected chi connectivity index (χ2v) is 7.97. The molecule has 0 bridgehead atoms. The number of nitrogens with zero attached hydrogens (tertiary/aromatic N) is 3. The molecular formula is C21H22ClF3N4. The number of fused-ring (bicyclic) bond motifs is 1. The topological polar surface area (TPSA) is 33.1 Å². The summed E-state index contributed by atoms with van der Waals surface area (Å²) in [5.74, 6) is 0. The smallest absolute Gasteiger partial charge is 0.369 e. The van der Waals surface area contributed by atoms with Gasteiger partial charge in [0.05, 0.1) is 29.0 Å². The van der Waals surface area contributed by atoms with E-state index in [0.29, 0.717) is 6.04 Å². The van der Waals surface area contributed by atoms with Gasteiger partial charge in [-0.25, -0.2) is 4.98 Å². The number of hydrogen-bond donors (Lipinski definition) is 1. The van der Waals surface area contributed by atoms with Gasteiger partial charge in [0.15, 0.2) is 0 Å². The lowest BCUT2D eigenvalue weighted by Crippen LogP contribution is -2.49. The van der Waals surface area contributed by atoms with Crippen molar-refractivity contribution in [3.05, 3.63) is 58.9 Å². The lowest BCUT2D eigenvalue weighted by atomic mass is 10.0. The molecule has 29 heavy (non-hydrogen) atoms. The van der Waals surface area contributed by atoms with Gasteiger partial charge in [0.1, 0.15) is 0 Å². The lowest BCUT2D eigenvalue weighted by Gasteiger charge is -2.33. The summed E-state index contributed by atoms with van der Waals surface area (Å²) in [6.45, 7) is 6.55. The fraction of sp³-hybridized carbons (Fsp3) is 0.381. The Morgan fingerprint density at radius 2 is 2.00 bits per heavy atom. The minimum atomic E-state index is -4.48. The van der Waals surface area contributed by atoms with E-state index >= 15 is 0 Å². The molecule has 4 nitrogen and oxygen atoms in total. The summed E-state index contributed by atoms with van der Waals surface area (Å²) < 4.78 is 42.6. The monoisotopic (exact) mass is 422 g/mol. The minimum Gasteiger partial charge on any atom is -0.369 e. The van der Waals surface area contributed by atoms with E-state index in [0.717, 1.165) is 42.4 Å². The molecule has 2 aromatic carbocycles. The quantitative estimate of drug-likeness (QED) is 0.636. The Bertz CT molecular complexity index is 1030. The summed E-state index contributed by atoms with van der Waals surface area (Å²) in [6.07, 6.45) is -2.87. The summed E-state index contributed by atoms with van der Waals surface area (Å²) in [5, 5.41) is 3.48. The van der Waals surface area contributed by atoms with Crippen LogP contribution in [0.4, 0.5) is 18.9 Å². The van der Waals surface area contributed by atoms with Crippen molar-refractivity contribution in [1.29, 1.82) is 0 Å². The van der Waals surface area contributed by atoms with Crippen molar-refractivity contribution in [3.63, 3.8) is 0 Å². The molecule has 1 fully saturated rings. The highest BCUT2D eigenvalue weighted by Gasteiger charge is 2.35. The van der Waals surface area contributed by atoms with Crippen molar-refractivity contribution in [1.82, 2.24) is 14.9 Å². The molecule has 2 heterocycles. The Hall–Kier alpha value is -2.25. The first-order valence-corrected chi connectivity index (χ1v) is 9.93. The molecule has 0 saturated carbocycles. The second kappa shape index (κ2) is 7.54. The van der Waals surface area contributed by atoms with Crippen LogP contribution in [0.3, 0.4) is 0 Å². The Morgan fingerprint density at radius 3 is 2.72 bits per heavy atom. The summed E-state index contributed by atoms with van der Waals surface area (Å²) in [4.78, 5) is 6.68. The van der Waals surface area contributed by atoms with Crippen molar-refractivity contribution >= 4 is 28.3 Å². The molecule has 154 valence electrons. The molecule has 8 heteroatoms. The molecule has 1 aliphatic rings. The Kier molecular flexibility index (Phi) is 5.21. The van der Waals surface area contributed by atoms with Crippen LogP contribution in [-0.4, -0.2) is 35.2 Å². The van der Waals surface area contributed by atoms with E-state index in [-0.39, 0.29) is 10.6 Å². The van der Waals surface area contributed by atoms with E-state index in [1.165, 1.54) is 12.1 Å². The van der Waals surface area contributed by atoms with Gasteiger partial charge in [-0.3, -0.25) is 0 Å². The van der Waals surface area contributed by atoms with Gasteiger partial charge in [-0.2, -0.15) is 13.2 Å². The molecule has 1 aliphatic heterocycles. The summed E-state index contributed by atoms with van der Waals surface area (Å²) >= 11 is 5.84. The van der Waals surface area contributed by atoms with Crippen molar-refractivity contribution in [2.45, 2.75) is 32.1 Å². The van der Waals surface area contributed by atoms with Gasteiger partial charge in [0, 0.05) is 36.4 Å². The molecule has 0 aliphatic carbocycles. The summed E-state index contributed by atoms with van der Waals surface area (Å²) in [7, 11) is 0. The van der Waals surface area contributed by atoms with Gasteiger partial charge in [-0.05, 0) is 49.7 Å². The van der Waals surface area contributed by atoms with Crippen LogP contribution < -0.4 is 10.2 Å². The third kappa shape index (κ3) is 3.94. The van der Waals surface area contributed by atoms with Gasteiger partial charge in [0.25, 0.3) is 0 Å². The van der Waals surface area contributed by atoms with Crippen molar-refractivity contribution < 1.29 is 13.2 Å². The number of imidazole rings is 1. The number of hydrogen-bond acceptors (Lipinski definition) is 3. The number of rotatable bonds is 3. The first-order valence-electron chi connectivity index (χ1n) is 9.55. The van der Waals surface area contributed by atoms with Crippen LogP contribution in [0.1, 0.15) is 31.0 Å². The molecule has 1 N–H and O–H groups in total. The first kappa shape index (κ1) is 20.0. The van der Waals surface area contributed by atoms with Crippen LogP contribution >= 0.6 is 11.6 Å². The molecule has 4 rings (SSSR count). The normalized spacial score (nSPS) is 19.0. The van der Waals surface area contributed by atoms with Crippen molar-refractivity contribution in [3.8, 4) is 0 Å². The fourth-order valence-corrected chi connectivity index (χ4v) is 4.15. The minimum absolute atomic E-state index is 0.0684. The number of anilines is 1. The fourth-order valence-electron chi connectivity index (χ4n) is 3.97. The largest absolute Gasteiger partial charge is 0.416 e. The highest BCUT2D eigenvalue weighted by atomic mass is 35.5. The van der Waals surface area contributed by atoms with Crippen LogP contribution in [0.15, 0.2) is 42.7 Å². The molecule has 0 radical (unpaired) electrons. The zero-order valence-electron chi connectivity index (χ0n) is 16.2. The van der Waals surface area contributed by atoms with Crippen LogP contribution in [0.2, 0.25) is 5.02 Å². The molecule has 0 amide bonds. The van der Waals surface area contributed by atoms with Crippen LogP contribution in [-0.2, 0) is 6.18 Å². The van der Waals surface area contributed by atoms with Crippen LogP contribution in [0, 0.1) is 0 Å². The lowest BCUT2D eigenvalue weighted by molar-refractivity contribution is -0.138. The predicted octanol–water partition coefficient (Wildman–Crippen LogP) is 5.12. The SMILES string of the molecule is CC1CN(c2ccc3ncn([C@H](C)c4ccc(Cl)cc4C(F)(F)F)c3c2)CCN1. The number of alkyl halides is 3.